The molecule has 2 amide bonds. The molecule has 1 N–H and O–H groups in total. The van der Waals surface area contributed by atoms with Crippen LogP contribution in [0.15, 0.2) is 36.4 Å². The van der Waals surface area contributed by atoms with Gasteiger partial charge in [0.05, 0.1) is 0 Å². The number of nitrogens with zero attached hydrogens (tertiary/aromatic N) is 2. The van der Waals surface area contributed by atoms with Gasteiger partial charge in [0.15, 0.2) is 0 Å². The highest BCUT2D eigenvalue weighted by Gasteiger charge is 2.49. The summed E-state index contributed by atoms with van der Waals surface area (Å²) < 4.78 is 14.1. The Labute approximate surface area is 167 Å². The van der Waals surface area contributed by atoms with Crippen molar-refractivity contribution in [3.8, 4) is 0 Å². The van der Waals surface area contributed by atoms with Crippen LogP contribution in [-0.4, -0.2) is 58.4 Å². The molecule has 0 bridgehead atoms. The van der Waals surface area contributed by atoms with Gasteiger partial charge in [-0.05, 0) is 42.2 Å². The van der Waals surface area contributed by atoms with Crippen molar-refractivity contribution in [2.45, 2.75) is 32.2 Å². The summed E-state index contributed by atoms with van der Waals surface area (Å²) in [5.74, 6) is -1.71. The Kier molecular flexibility index (Phi) is 4.76. The Bertz CT molecular complexity index is 973. The summed E-state index contributed by atoms with van der Waals surface area (Å²) in [4.78, 5) is 39.7. The second-order valence-corrected chi connectivity index (χ2v) is 8.14. The minimum Gasteiger partial charge on any atom is -0.480 e. The number of fused-ring (bicyclic) bond motifs is 1. The monoisotopic (exact) mass is 398 g/mol. The van der Waals surface area contributed by atoms with Crippen molar-refractivity contribution in [3.05, 3.63) is 47.8 Å². The Hall–Kier alpha value is -2.96. The number of halogens is 1. The maximum Gasteiger partial charge on any atom is 0.326 e. The topological polar surface area (TPSA) is 77.9 Å². The van der Waals surface area contributed by atoms with Crippen LogP contribution in [0.2, 0.25) is 0 Å². The smallest absolute Gasteiger partial charge is 0.326 e. The van der Waals surface area contributed by atoms with Crippen molar-refractivity contribution < 1.29 is 23.9 Å². The van der Waals surface area contributed by atoms with E-state index in [0.29, 0.717) is 55.2 Å². The molecule has 2 aliphatic rings. The highest BCUT2D eigenvalue weighted by atomic mass is 19.1. The lowest BCUT2D eigenvalue weighted by atomic mass is 9.76. The molecule has 7 heteroatoms. The number of hydrogen-bond acceptors (Lipinski definition) is 3. The predicted octanol–water partition coefficient (Wildman–Crippen LogP) is 2.91. The molecule has 6 nitrogen and oxygen atoms in total. The summed E-state index contributed by atoms with van der Waals surface area (Å²) in [6.07, 6.45) is 1.71. The standard InChI is InChI=1S/C22H23FN2O4/c1-14(26)25-13-22(12-19(25)21(28)29)8-10-24(11-9-22)20(27)17-6-7-18(23)16-5-3-2-4-15(16)17/h2-7,19H,8-13H2,1H3,(H,28,29). The van der Waals surface area contributed by atoms with E-state index in [-0.39, 0.29) is 23.0 Å². The van der Waals surface area contributed by atoms with Gasteiger partial charge in [-0.15, -0.1) is 0 Å². The van der Waals surface area contributed by atoms with Gasteiger partial charge in [-0.25, -0.2) is 9.18 Å². The first-order valence-electron chi connectivity index (χ1n) is 9.78. The molecule has 0 aromatic heterocycles. The van der Waals surface area contributed by atoms with Gasteiger partial charge in [-0.1, -0.05) is 24.3 Å². The molecular formula is C22H23FN2O4. The van der Waals surface area contributed by atoms with E-state index >= 15 is 0 Å². The molecule has 2 aliphatic heterocycles. The normalized spacial score (nSPS) is 21.0. The Morgan fingerprint density at radius 2 is 1.72 bits per heavy atom. The molecule has 0 radical (unpaired) electrons. The number of rotatable bonds is 2. The zero-order valence-corrected chi connectivity index (χ0v) is 16.2. The summed E-state index contributed by atoms with van der Waals surface area (Å²) in [6, 6.07) is 8.98. The minimum atomic E-state index is -0.978. The lowest BCUT2D eigenvalue weighted by molar-refractivity contribution is -0.147. The van der Waals surface area contributed by atoms with Gasteiger partial charge >= 0.3 is 5.97 Å². The fraction of sp³-hybridized carbons (Fsp3) is 0.409. The number of hydrogen-bond donors (Lipinski definition) is 1. The van der Waals surface area contributed by atoms with Gasteiger partial charge in [-0.2, -0.15) is 0 Å². The van der Waals surface area contributed by atoms with E-state index in [1.54, 1.807) is 29.2 Å². The highest BCUT2D eigenvalue weighted by molar-refractivity contribution is 6.07. The zero-order valence-electron chi connectivity index (χ0n) is 16.2. The molecule has 0 saturated carbocycles. The van der Waals surface area contributed by atoms with Gasteiger partial charge in [0.1, 0.15) is 11.9 Å². The second kappa shape index (κ2) is 7.13. The fourth-order valence-corrected chi connectivity index (χ4v) is 4.77. The number of carbonyl (C=O) groups is 3. The van der Waals surface area contributed by atoms with Gasteiger partial charge < -0.3 is 14.9 Å². The van der Waals surface area contributed by atoms with E-state index in [9.17, 15) is 23.9 Å². The number of amides is 2. The van der Waals surface area contributed by atoms with E-state index < -0.39 is 12.0 Å². The number of carboxylic acids is 1. The van der Waals surface area contributed by atoms with Crippen LogP contribution in [0.5, 0.6) is 0 Å². The first-order valence-corrected chi connectivity index (χ1v) is 9.78. The third kappa shape index (κ3) is 3.34. The molecule has 1 unspecified atom stereocenters. The van der Waals surface area contributed by atoms with Crippen LogP contribution in [0.3, 0.4) is 0 Å². The van der Waals surface area contributed by atoms with Crippen molar-refractivity contribution in [2.24, 2.45) is 5.41 Å². The van der Waals surface area contributed by atoms with Crippen LogP contribution in [-0.2, 0) is 9.59 Å². The highest BCUT2D eigenvalue weighted by Crippen LogP contribution is 2.43. The van der Waals surface area contributed by atoms with Gasteiger partial charge in [0.2, 0.25) is 5.91 Å². The molecule has 0 aliphatic carbocycles. The number of carboxylic acid groups (broad SMARTS) is 1. The fourth-order valence-electron chi connectivity index (χ4n) is 4.77. The van der Waals surface area contributed by atoms with E-state index in [4.69, 9.17) is 0 Å². The molecule has 1 spiro atoms. The Morgan fingerprint density at radius 1 is 1.07 bits per heavy atom. The van der Waals surface area contributed by atoms with Crippen molar-refractivity contribution >= 4 is 28.6 Å². The number of benzene rings is 2. The van der Waals surface area contributed by atoms with E-state index in [1.165, 1.54) is 24.0 Å². The second-order valence-electron chi connectivity index (χ2n) is 8.14. The van der Waals surface area contributed by atoms with Crippen LogP contribution in [0.1, 0.15) is 36.5 Å². The number of carbonyl (C=O) groups excluding carboxylic acids is 2. The van der Waals surface area contributed by atoms with Crippen LogP contribution < -0.4 is 0 Å². The van der Waals surface area contributed by atoms with Crippen LogP contribution in [0.4, 0.5) is 4.39 Å². The quantitative estimate of drug-likeness (QED) is 0.844. The molecule has 2 saturated heterocycles. The average Bonchev–Trinajstić information content (AvgIpc) is 3.09. The summed E-state index contributed by atoms with van der Waals surface area (Å²) in [6.45, 7) is 2.79. The SMILES string of the molecule is CC(=O)N1CC2(CCN(C(=O)c3ccc(F)c4ccccc34)CC2)CC1C(=O)O. The lowest BCUT2D eigenvalue weighted by Gasteiger charge is -2.39. The molecule has 2 heterocycles. The van der Waals surface area contributed by atoms with E-state index in [2.05, 4.69) is 0 Å². The van der Waals surface area contributed by atoms with E-state index in [0.717, 1.165) is 0 Å². The number of piperidine rings is 1. The molecule has 2 aromatic rings. The van der Waals surface area contributed by atoms with Crippen molar-refractivity contribution in [2.75, 3.05) is 19.6 Å². The molecule has 2 fully saturated rings. The summed E-state index contributed by atoms with van der Waals surface area (Å²) >= 11 is 0. The summed E-state index contributed by atoms with van der Waals surface area (Å²) in [5.41, 5.74) is 0.203. The number of aliphatic carboxylic acids is 1. The zero-order chi connectivity index (χ0) is 20.8. The Balaban J connectivity index is 1.52. The van der Waals surface area contributed by atoms with Crippen molar-refractivity contribution in [1.29, 1.82) is 0 Å². The van der Waals surface area contributed by atoms with Crippen LogP contribution in [0, 0.1) is 11.2 Å². The van der Waals surface area contributed by atoms with Gasteiger partial charge in [0, 0.05) is 37.5 Å². The molecular weight excluding hydrogens is 375 g/mol. The van der Waals surface area contributed by atoms with E-state index in [1.807, 2.05) is 0 Å². The maximum absolute atomic E-state index is 14.1. The third-order valence-electron chi connectivity index (χ3n) is 6.41. The van der Waals surface area contributed by atoms with Gasteiger partial charge in [-0.3, -0.25) is 9.59 Å². The third-order valence-corrected chi connectivity index (χ3v) is 6.41. The lowest BCUT2D eigenvalue weighted by Crippen LogP contribution is -2.44. The summed E-state index contributed by atoms with van der Waals surface area (Å²) in [5, 5.41) is 10.5. The predicted molar refractivity (Wildman–Crippen MR) is 105 cm³/mol. The molecule has 4 rings (SSSR count). The molecule has 152 valence electrons. The van der Waals surface area contributed by atoms with Crippen molar-refractivity contribution in [3.63, 3.8) is 0 Å². The molecule has 2 aromatic carbocycles. The Morgan fingerprint density at radius 3 is 2.31 bits per heavy atom. The first-order chi connectivity index (χ1) is 13.8. The van der Waals surface area contributed by atoms with Crippen LogP contribution in [0.25, 0.3) is 10.8 Å². The first kappa shape index (κ1) is 19.4. The van der Waals surface area contributed by atoms with Crippen molar-refractivity contribution in [1.82, 2.24) is 9.80 Å². The van der Waals surface area contributed by atoms with Gasteiger partial charge in [0.25, 0.3) is 5.91 Å². The van der Waals surface area contributed by atoms with Crippen LogP contribution >= 0.6 is 0 Å². The average molecular weight is 398 g/mol. The minimum absolute atomic E-state index is 0.146. The molecule has 29 heavy (non-hydrogen) atoms. The number of likely N-dealkylation sites (tertiary alicyclic amines) is 2. The largest absolute Gasteiger partial charge is 0.480 e. The summed E-state index contributed by atoms with van der Waals surface area (Å²) in [7, 11) is 0. The molecule has 1 atom stereocenters. The maximum atomic E-state index is 14.1.